The van der Waals surface area contributed by atoms with Crippen molar-refractivity contribution in [3.8, 4) is 0 Å². The second kappa shape index (κ2) is 7.55. The smallest absolute Gasteiger partial charge is 0.253 e. The average Bonchev–Trinajstić information content (AvgIpc) is 3.41. The zero-order valence-electron chi connectivity index (χ0n) is 15.6. The topological polar surface area (TPSA) is 49.4 Å². The van der Waals surface area contributed by atoms with Gasteiger partial charge in [-0.15, -0.1) is 0 Å². The average molecular weight is 362 g/mol. The highest BCUT2D eigenvalue weighted by Crippen LogP contribution is 2.42. The highest BCUT2D eigenvalue weighted by atomic mass is 16.2. The normalized spacial score (nSPS) is 18.4. The Labute approximate surface area is 160 Å². The van der Waals surface area contributed by atoms with Gasteiger partial charge >= 0.3 is 0 Å². The molecule has 1 saturated heterocycles. The highest BCUT2D eigenvalue weighted by Gasteiger charge is 2.42. The lowest BCUT2D eigenvalue weighted by molar-refractivity contribution is -0.121. The zero-order valence-corrected chi connectivity index (χ0v) is 15.6. The molecule has 4 heteroatoms. The summed E-state index contributed by atoms with van der Waals surface area (Å²) in [4.78, 5) is 27.5. The third-order valence-electron chi connectivity index (χ3n) is 6.00. The number of nitrogens with zero attached hydrogens (tertiary/aromatic N) is 1. The third-order valence-corrected chi connectivity index (χ3v) is 6.00. The van der Waals surface area contributed by atoms with Crippen LogP contribution in [0.5, 0.6) is 0 Å². The fourth-order valence-electron chi connectivity index (χ4n) is 4.43. The van der Waals surface area contributed by atoms with Crippen molar-refractivity contribution in [3.05, 3.63) is 65.7 Å². The number of benzene rings is 2. The summed E-state index contributed by atoms with van der Waals surface area (Å²) in [7, 11) is 0. The molecule has 4 nitrogen and oxygen atoms in total. The van der Waals surface area contributed by atoms with Crippen molar-refractivity contribution in [1.29, 1.82) is 0 Å². The summed E-state index contributed by atoms with van der Waals surface area (Å²) in [5.41, 5.74) is 2.10. The first-order valence-corrected chi connectivity index (χ1v) is 9.95. The molecule has 0 aromatic heterocycles. The molecule has 0 atom stereocenters. The van der Waals surface area contributed by atoms with E-state index < -0.39 is 5.41 Å². The second-order valence-corrected chi connectivity index (χ2v) is 7.69. The summed E-state index contributed by atoms with van der Waals surface area (Å²) < 4.78 is 0. The van der Waals surface area contributed by atoms with E-state index in [1.165, 1.54) is 0 Å². The molecule has 1 saturated carbocycles. The van der Waals surface area contributed by atoms with Crippen molar-refractivity contribution >= 4 is 17.5 Å². The summed E-state index contributed by atoms with van der Waals surface area (Å²) in [5, 5.41) is 3.10. The Morgan fingerprint density at radius 3 is 2.07 bits per heavy atom. The highest BCUT2D eigenvalue weighted by molar-refractivity contribution is 6.00. The molecule has 0 spiro atoms. The first kappa shape index (κ1) is 17.8. The van der Waals surface area contributed by atoms with Gasteiger partial charge in [-0.05, 0) is 55.5 Å². The van der Waals surface area contributed by atoms with Gasteiger partial charge in [0.05, 0.1) is 5.41 Å². The largest absolute Gasteiger partial charge is 0.339 e. The number of nitrogens with one attached hydrogen (secondary N) is 1. The Balaban J connectivity index is 1.49. The van der Waals surface area contributed by atoms with Gasteiger partial charge in [0, 0.05) is 24.3 Å². The van der Waals surface area contributed by atoms with Crippen LogP contribution in [-0.2, 0) is 10.2 Å². The van der Waals surface area contributed by atoms with E-state index in [1.807, 2.05) is 47.4 Å². The molecule has 2 fully saturated rings. The second-order valence-electron chi connectivity index (χ2n) is 7.69. The van der Waals surface area contributed by atoms with Crippen LogP contribution in [0, 0.1) is 0 Å². The molecule has 140 valence electrons. The van der Waals surface area contributed by atoms with E-state index in [0.29, 0.717) is 5.56 Å². The maximum atomic E-state index is 13.2. The Hall–Kier alpha value is -2.62. The van der Waals surface area contributed by atoms with Gasteiger partial charge in [-0.3, -0.25) is 9.59 Å². The number of carbonyl (C=O) groups is 2. The van der Waals surface area contributed by atoms with Gasteiger partial charge in [0.25, 0.3) is 5.91 Å². The first-order chi connectivity index (χ1) is 13.2. The molecule has 2 amide bonds. The van der Waals surface area contributed by atoms with E-state index in [2.05, 4.69) is 17.4 Å². The van der Waals surface area contributed by atoms with Gasteiger partial charge < -0.3 is 10.2 Å². The molecule has 0 radical (unpaired) electrons. The van der Waals surface area contributed by atoms with E-state index in [4.69, 9.17) is 0 Å². The Morgan fingerprint density at radius 2 is 1.44 bits per heavy atom. The summed E-state index contributed by atoms with van der Waals surface area (Å²) in [6, 6.07) is 17.4. The van der Waals surface area contributed by atoms with E-state index in [-0.39, 0.29) is 11.8 Å². The predicted molar refractivity (Wildman–Crippen MR) is 107 cm³/mol. The van der Waals surface area contributed by atoms with Crippen LogP contribution < -0.4 is 5.32 Å². The number of hydrogen-bond donors (Lipinski definition) is 1. The minimum absolute atomic E-state index is 0.0600. The number of amides is 2. The minimum Gasteiger partial charge on any atom is -0.339 e. The first-order valence-electron chi connectivity index (χ1n) is 9.95. The van der Waals surface area contributed by atoms with Crippen LogP contribution in [0.25, 0.3) is 0 Å². The molecule has 1 aliphatic carbocycles. The van der Waals surface area contributed by atoms with Crippen molar-refractivity contribution in [3.63, 3.8) is 0 Å². The van der Waals surface area contributed by atoms with Crippen LogP contribution in [0.2, 0.25) is 0 Å². The Morgan fingerprint density at radius 1 is 0.815 bits per heavy atom. The number of likely N-dealkylation sites (tertiary alicyclic amines) is 1. The Bertz CT molecular complexity index is 802. The summed E-state index contributed by atoms with van der Waals surface area (Å²) in [6.07, 6.45) is 6.09. The number of hydrogen-bond acceptors (Lipinski definition) is 2. The molecule has 2 aromatic carbocycles. The molecule has 0 unspecified atom stereocenters. The predicted octanol–water partition coefficient (Wildman–Crippen LogP) is 4.37. The Kier molecular flexibility index (Phi) is 4.97. The monoisotopic (exact) mass is 362 g/mol. The summed E-state index contributed by atoms with van der Waals surface area (Å²) >= 11 is 0. The van der Waals surface area contributed by atoms with E-state index in [0.717, 1.165) is 62.9 Å². The van der Waals surface area contributed by atoms with Gasteiger partial charge in [-0.1, -0.05) is 43.2 Å². The quantitative estimate of drug-likeness (QED) is 0.878. The van der Waals surface area contributed by atoms with Gasteiger partial charge in [0.1, 0.15) is 0 Å². The molecule has 2 aliphatic rings. The molecule has 4 rings (SSSR count). The molecule has 0 bridgehead atoms. The zero-order chi connectivity index (χ0) is 18.7. The van der Waals surface area contributed by atoms with E-state index >= 15 is 0 Å². The van der Waals surface area contributed by atoms with Crippen LogP contribution in [0.3, 0.4) is 0 Å². The SMILES string of the molecule is O=C(c1ccc(NC(=O)C2(c3ccccc3)CCCC2)cc1)N1CCCC1. The van der Waals surface area contributed by atoms with Gasteiger partial charge in [0.2, 0.25) is 5.91 Å². The van der Waals surface area contributed by atoms with E-state index in [1.54, 1.807) is 0 Å². The lowest BCUT2D eigenvalue weighted by Gasteiger charge is -2.28. The number of anilines is 1. The number of carbonyl (C=O) groups excluding carboxylic acids is 2. The van der Waals surface area contributed by atoms with Gasteiger partial charge in [0.15, 0.2) is 0 Å². The van der Waals surface area contributed by atoms with Crippen molar-refractivity contribution in [2.75, 3.05) is 18.4 Å². The van der Waals surface area contributed by atoms with Crippen LogP contribution >= 0.6 is 0 Å². The number of rotatable bonds is 4. The van der Waals surface area contributed by atoms with Crippen LogP contribution in [0.4, 0.5) is 5.69 Å². The molecule has 1 N–H and O–H groups in total. The molecule has 27 heavy (non-hydrogen) atoms. The van der Waals surface area contributed by atoms with Gasteiger partial charge in [-0.25, -0.2) is 0 Å². The van der Waals surface area contributed by atoms with Crippen LogP contribution in [0.15, 0.2) is 54.6 Å². The lowest BCUT2D eigenvalue weighted by Crippen LogP contribution is -2.38. The molecular formula is C23H26N2O2. The maximum absolute atomic E-state index is 13.2. The molecular weight excluding hydrogens is 336 g/mol. The van der Waals surface area contributed by atoms with Crippen molar-refractivity contribution < 1.29 is 9.59 Å². The maximum Gasteiger partial charge on any atom is 0.253 e. The summed E-state index contributed by atoms with van der Waals surface area (Å²) in [6.45, 7) is 1.69. The van der Waals surface area contributed by atoms with Crippen molar-refractivity contribution in [1.82, 2.24) is 4.90 Å². The van der Waals surface area contributed by atoms with E-state index in [9.17, 15) is 9.59 Å². The summed E-state index contributed by atoms with van der Waals surface area (Å²) in [5.74, 6) is 0.145. The third kappa shape index (κ3) is 3.48. The van der Waals surface area contributed by atoms with Crippen molar-refractivity contribution in [2.45, 2.75) is 43.9 Å². The van der Waals surface area contributed by atoms with Crippen molar-refractivity contribution in [2.24, 2.45) is 0 Å². The van der Waals surface area contributed by atoms with Gasteiger partial charge in [-0.2, -0.15) is 0 Å². The lowest BCUT2D eigenvalue weighted by atomic mass is 9.78. The minimum atomic E-state index is -0.439. The molecule has 1 aliphatic heterocycles. The van der Waals surface area contributed by atoms with Crippen LogP contribution in [-0.4, -0.2) is 29.8 Å². The fraction of sp³-hybridized carbons (Fsp3) is 0.391. The molecule has 1 heterocycles. The fourth-order valence-corrected chi connectivity index (χ4v) is 4.43. The molecule has 2 aromatic rings. The van der Waals surface area contributed by atoms with Crippen LogP contribution in [0.1, 0.15) is 54.4 Å². The standard InChI is InChI=1S/C23H26N2O2/c26-21(25-16-6-7-17-25)18-10-12-20(13-11-18)24-22(27)23(14-4-5-15-23)19-8-2-1-3-9-19/h1-3,8-13H,4-7,14-17H2,(H,24,27).